The average molecular weight is 154 g/mol. The van der Waals surface area contributed by atoms with E-state index < -0.39 is 0 Å². The molecule has 0 spiro atoms. The summed E-state index contributed by atoms with van der Waals surface area (Å²) in [5, 5.41) is 0. The van der Waals surface area contributed by atoms with Crippen LogP contribution >= 0.6 is 23.2 Å². The third-order valence-electron chi connectivity index (χ3n) is 0.461. The molecule has 0 bridgehead atoms. The lowest BCUT2D eigenvalue weighted by Crippen LogP contribution is -1.82. The summed E-state index contributed by atoms with van der Waals surface area (Å²) in [7, 11) is 0. The fourth-order valence-corrected chi connectivity index (χ4v) is 0.178. The van der Waals surface area contributed by atoms with Crippen LogP contribution in [0.4, 0.5) is 0 Å². The number of hydrogen-bond donors (Lipinski definition) is 0. The van der Waals surface area contributed by atoms with Gasteiger partial charge in [-0.15, -0.1) is 0 Å². The highest BCUT2D eigenvalue weighted by Crippen LogP contribution is 2.12. The van der Waals surface area contributed by atoms with Crippen molar-refractivity contribution in [2.45, 2.75) is 6.92 Å². The van der Waals surface area contributed by atoms with Crippen LogP contribution in [0.15, 0.2) is 10.3 Å². The van der Waals surface area contributed by atoms with E-state index in [1.807, 2.05) is 0 Å². The Labute approximate surface area is 57.0 Å². The zero-order valence-electron chi connectivity index (χ0n) is 4.07. The SMILES string of the molecule is CC(O[C]=O)=C(Cl)Cl. The number of carbonyl (C=O) groups excluding carboxylic acids is 1. The van der Waals surface area contributed by atoms with Gasteiger partial charge in [-0.3, -0.25) is 0 Å². The van der Waals surface area contributed by atoms with Crippen LogP contribution in [0.1, 0.15) is 6.92 Å². The summed E-state index contributed by atoms with van der Waals surface area (Å²) in [4.78, 5) is 9.42. The first kappa shape index (κ1) is 7.79. The molecule has 4 heteroatoms. The first-order valence-corrected chi connectivity index (χ1v) is 2.50. The van der Waals surface area contributed by atoms with E-state index >= 15 is 0 Å². The molecule has 0 saturated carbocycles. The molecular weight excluding hydrogens is 151 g/mol. The van der Waals surface area contributed by atoms with Gasteiger partial charge in [0, 0.05) is 0 Å². The van der Waals surface area contributed by atoms with Crippen LogP contribution in [-0.4, -0.2) is 6.47 Å². The van der Waals surface area contributed by atoms with E-state index in [9.17, 15) is 4.79 Å². The van der Waals surface area contributed by atoms with Crippen molar-refractivity contribution < 1.29 is 9.53 Å². The summed E-state index contributed by atoms with van der Waals surface area (Å²) >= 11 is 10.3. The second-order valence-electron chi connectivity index (χ2n) is 1.00. The Morgan fingerprint density at radius 3 is 2.25 bits per heavy atom. The van der Waals surface area contributed by atoms with Crippen LogP contribution < -0.4 is 0 Å². The molecular formula is C4H3Cl2O2. The largest absolute Gasteiger partial charge is 0.423 e. The smallest absolute Gasteiger partial charge is 0.420 e. The Bertz CT molecular complexity index is 115. The van der Waals surface area contributed by atoms with Gasteiger partial charge in [0.2, 0.25) is 0 Å². The highest BCUT2D eigenvalue weighted by atomic mass is 35.5. The van der Waals surface area contributed by atoms with Gasteiger partial charge >= 0.3 is 6.47 Å². The van der Waals surface area contributed by atoms with Crippen LogP contribution in [0, 0.1) is 0 Å². The lowest BCUT2D eigenvalue weighted by molar-refractivity contribution is 0.364. The van der Waals surface area contributed by atoms with E-state index in [4.69, 9.17) is 23.2 Å². The third kappa shape index (κ3) is 2.88. The zero-order chi connectivity index (χ0) is 6.57. The van der Waals surface area contributed by atoms with Gasteiger partial charge in [0.05, 0.1) is 0 Å². The Morgan fingerprint density at radius 2 is 2.12 bits per heavy atom. The van der Waals surface area contributed by atoms with E-state index in [0.29, 0.717) is 0 Å². The Hall–Kier alpha value is -0.210. The maximum atomic E-state index is 9.42. The molecule has 1 radical (unpaired) electrons. The van der Waals surface area contributed by atoms with Crippen LogP contribution in [0.3, 0.4) is 0 Å². The number of halogens is 2. The van der Waals surface area contributed by atoms with Crippen molar-refractivity contribution in [3.05, 3.63) is 10.3 Å². The van der Waals surface area contributed by atoms with E-state index in [0.717, 1.165) is 0 Å². The molecule has 0 aromatic carbocycles. The van der Waals surface area contributed by atoms with Gasteiger partial charge in [-0.05, 0) is 6.92 Å². The summed E-state index contributed by atoms with van der Waals surface area (Å²) in [5.74, 6) is 0.156. The molecule has 0 saturated heterocycles. The molecule has 0 unspecified atom stereocenters. The minimum atomic E-state index is -0.0617. The van der Waals surface area contributed by atoms with E-state index in [1.165, 1.54) is 13.4 Å². The van der Waals surface area contributed by atoms with E-state index in [1.54, 1.807) is 0 Å². The lowest BCUT2D eigenvalue weighted by Gasteiger charge is -1.91. The summed E-state index contributed by atoms with van der Waals surface area (Å²) < 4.78 is 4.05. The molecule has 0 amide bonds. The Balaban J connectivity index is 3.79. The molecule has 8 heavy (non-hydrogen) atoms. The number of ether oxygens (including phenoxy) is 1. The fourth-order valence-electron chi connectivity index (χ4n) is 0.101. The molecule has 0 aromatic heterocycles. The Kier molecular flexibility index (Phi) is 3.65. The van der Waals surface area contributed by atoms with Crippen molar-refractivity contribution in [3.8, 4) is 0 Å². The normalized spacial score (nSPS) is 7.88. The first-order valence-electron chi connectivity index (χ1n) is 1.74. The van der Waals surface area contributed by atoms with Gasteiger partial charge in [0.25, 0.3) is 0 Å². The average Bonchev–Trinajstić information content (AvgIpc) is 1.67. The number of hydrogen-bond acceptors (Lipinski definition) is 2. The maximum Gasteiger partial charge on any atom is 0.423 e. The molecule has 0 aliphatic heterocycles. The van der Waals surface area contributed by atoms with Crippen molar-refractivity contribution in [2.75, 3.05) is 0 Å². The van der Waals surface area contributed by atoms with Crippen LogP contribution in [0.25, 0.3) is 0 Å². The second-order valence-corrected chi connectivity index (χ2v) is 1.95. The van der Waals surface area contributed by atoms with Gasteiger partial charge in [-0.1, -0.05) is 23.2 Å². The van der Waals surface area contributed by atoms with Crippen molar-refractivity contribution in [1.82, 2.24) is 0 Å². The predicted octanol–water partition coefficient (Wildman–Crippen LogP) is 1.74. The van der Waals surface area contributed by atoms with Gasteiger partial charge < -0.3 is 4.74 Å². The molecule has 0 heterocycles. The van der Waals surface area contributed by atoms with Crippen molar-refractivity contribution in [1.29, 1.82) is 0 Å². The van der Waals surface area contributed by atoms with Crippen LogP contribution in [0.5, 0.6) is 0 Å². The molecule has 0 N–H and O–H groups in total. The summed E-state index contributed by atoms with van der Waals surface area (Å²) in [6.45, 7) is 2.63. The molecule has 0 atom stereocenters. The maximum absolute atomic E-state index is 9.42. The number of allylic oxidation sites excluding steroid dienone is 1. The quantitative estimate of drug-likeness (QED) is 0.566. The first-order chi connectivity index (χ1) is 3.68. The summed E-state index contributed by atoms with van der Waals surface area (Å²) in [6.07, 6.45) is 0. The van der Waals surface area contributed by atoms with Gasteiger partial charge in [-0.25, -0.2) is 4.79 Å². The van der Waals surface area contributed by atoms with Gasteiger partial charge in [0.1, 0.15) is 10.3 Å². The molecule has 45 valence electrons. The highest BCUT2D eigenvalue weighted by molar-refractivity contribution is 6.56. The van der Waals surface area contributed by atoms with Crippen molar-refractivity contribution >= 4 is 29.7 Å². The van der Waals surface area contributed by atoms with Crippen LogP contribution in [-0.2, 0) is 9.53 Å². The van der Waals surface area contributed by atoms with Crippen molar-refractivity contribution in [3.63, 3.8) is 0 Å². The second kappa shape index (κ2) is 3.75. The van der Waals surface area contributed by atoms with E-state index in [-0.39, 0.29) is 10.3 Å². The van der Waals surface area contributed by atoms with Crippen LogP contribution in [0.2, 0.25) is 0 Å². The monoisotopic (exact) mass is 153 g/mol. The number of rotatable bonds is 2. The predicted molar refractivity (Wildman–Crippen MR) is 31.2 cm³/mol. The Morgan fingerprint density at radius 1 is 1.62 bits per heavy atom. The fraction of sp³-hybridized carbons (Fsp3) is 0.250. The minimum Gasteiger partial charge on any atom is -0.420 e. The molecule has 0 aliphatic carbocycles. The van der Waals surface area contributed by atoms with Crippen molar-refractivity contribution in [2.24, 2.45) is 0 Å². The zero-order valence-corrected chi connectivity index (χ0v) is 5.58. The topological polar surface area (TPSA) is 26.3 Å². The lowest BCUT2D eigenvalue weighted by atomic mass is 10.7. The molecule has 0 aromatic rings. The molecule has 0 aliphatic rings. The molecule has 0 fully saturated rings. The summed E-state index contributed by atoms with van der Waals surface area (Å²) in [6, 6.07) is 0. The van der Waals surface area contributed by atoms with E-state index in [2.05, 4.69) is 4.74 Å². The highest BCUT2D eigenvalue weighted by Gasteiger charge is 1.93. The van der Waals surface area contributed by atoms with Gasteiger partial charge in [-0.2, -0.15) is 0 Å². The summed E-state index contributed by atoms with van der Waals surface area (Å²) in [5.41, 5.74) is 0. The third-order valence-corrected chi connectivity index (χ3v) is 0.993. The van der Waals surface area contributed by atoms with Gasteiger partial charge in [0.15, 0.2) is 0 Å². The molecule has 0 rings (SSSR count). The molecule has 2 nitrogen and oxygen atoms in total. The minimum absolute atomic E-state index is 0.0617. The standard InChI is InChI=1S/C4H3Cl2O2/c1-3(4(5)6)8-2-7/h1H3.